The second-order valence-electron chi connectivity index (χ2n) is 7.62. The van der Waals surface area contributed by atoms with Gasteiger partial charge in [0.2, 0.25) is 5.91 Å². The van der Waals surface area contributed by atoms with Gasteiger partial charge in [0, 0.05) is 38.9 Å². The average molecular weight is 348 g/mol. The molecule has 2 fully saturated rings. The predicted octanol–water partition coefficient (Wildman–Crippen LogP) is 2.77. The summed E-state index contributed by atoms with van der Waals surface area (Å²) in [6, 6.07) is 6.27. The molecule has 1 saturated heterocycles. The highest BCUT2D eigenvalue weighted by Crippen LogP contribution is 2.32. The molecule has 0 spiro atoms. The molecule has 0 aromatic heterocycles. The zero-order valence-corrected chi connectivity index (χ0v) is 15.1. The molecule has 0 bridgehead atoms. The van der Waals surface area contributed by atoms with E-state index in [9.17, 15) is 9.18 Å². The molecule has 25 heavy (non-hydrogen) atoms. The Morgan fingerprint density at radius 2 is 2.12 bits per heavy atom. The van der Waals surface area contributed by atoms with Gasteiger partial charge in [-0.15, -0.1) is 0 Å². The standard InChI is InChI=1S/C20H29FN2O2/c1-25-12-9-20(7-10-23(11-8-20)15-16-5-6-16)22-19(24)14-17-3-2-4-18(21)13-17/h2-4,13,16H,5-12,14-15H2,1H3,(H,22,24). The van der Waals surface area contributed by atoms with E-state index in [2.05, 4.69) is 10.2 Å². The summed E-state index contributed by atoms with van der Waals surface area (Å²) >= 11 is 0. The monoisotopic (exact) mass is 348 g/mol. The van der Waals surface area contributed by atoms with Gasteiger partial charge in [-0.25, -0.2) is 4.39 Å². The first-order valence-corrected chi connectivity index (χ1v) is 9.35. The maximum atomic E-state index is 13.3. The van der Waals surface area contributed by atoms with E-state index < -0.39 is 0 Å². The first-order valence-electron chi connectivity index (χ1n) is 9.35. The largest absolute Gasteiger partial charge is 0.385 e. The molecule has 0 atom stereocenters. The maximum Gasteiger partial charge on any atom is 0.224 e. The molecule has 1 aromatic rings. The van der Waals surface area contributed by atoms with E-state index in [-0.39, 0.29) is 23.7 Å². The van der Waals surface area contributed by atoms with E-state index in [1.54, 1.807) is 19.2 Å². The van der Waals surface area contributed by atoms with Gasteiger partial charge in [0.15, 0.2) is 0 Å². The van der Waals surface area contributed by atoms with Crippen molar-refractivity contribution in [3.63, 3.8) is 0 Å². The van der Waals surface area contributed by atoms with E-state index in [1.165, 1.54) is 31.5 Å². The van der Waals surface area contributed by atoms with Crippen LogP contribution < -0.4 is 5.32 Å². The zero-order valence-electron chi connectivity index (χ0n) is 15.1. The van der Waals surface area contributed by atoms with Crippen molar-refractivity contribution in [3.05, 3.63) is 35.6 Å². The number of amides is 1. The second-order valence-corrected chi connectivity index (χ2v) is 7.62. The predicted molar refractivity (Wildman–Crippen MR) is 95.9 cm³/mol. The molecule has 1 amide bonds. The highest BCUT2D eigenvalue weighted by molar-refractivity contribution is 5.79. The summed E-state index contributed by atoms with van der Waals surface area (Å²) in [4.78, 5) is 15.1. The van der Waals surface area contributed by atoms with Crippen molar-refractivity contribution < 1.29 is 13.9 Å². The van der Waals surface area contributed by atoms with Gasteiger partial charge in [-0.05, 0) is 55.7 Å². The summed E-state index contributed by atoms with van der Waals surface area (Å²) in [7, 11) is 1.70. The molecule has 4 nitrogen and oxygen atoms in total. The molecule has 1 aromatic carbocycles. The summed E-state index contributed by atoms with van der Waals surface area (Å²) < 4.78 is 18.6. The third-order valence-electron chi connectivity index (χ3n) is 5.47. The van der Waals surface area contributed by atoms with Crippen LogP contribution in [0.3, 0.4) is 0 Å². The van der Waals surface area contributed by atoms with Gasteiger partial charge in [0.25, 0.3) is 0 Å². The number of piperidine rings is 1. The van der Waals surface area contributed by atoms with Crippen molar-refractivity contribution in [1.29, 1.82) is 0 Å². The Labute approximate surface area is 149 Å². The Bertz CT molecular complexity index is 581. The molecule has 1 aliphatic carbocycles. The van der Waals surface area contributed by atoms with Crippen molar-refractivity contribution in [2.45, 2.75) is 44.1 Å². The lowest BCUT2D eigenvalue weighted by Crippen LogP contribution is -2.56. The van der Waals surface area contributed by atoms with Crippen molar-refractivity contribution in [3.8, 4) is 0 Å². The van der Waals surface area contributed by atoms with Crippen molar-refractivity contribution in [1.82, 2.24) is 10.2 Å². The van der Waals surface area contributed by atoms with Crippen molar-refractivity contribution in [2.75, 3.05) is 33.4 Å². The maximum absolute atomic E-state index is 13.3. The molecule has 3 rings (SSSR count). The SMILES string of the molecule is COCCC1(NC(=O)Cc2cccc(F)c2)CCN(CC2CC2)CC1. The smallest absolute Gasteiger partial charge is 0.224 e. The Balaban J connectivity index is 1.57. The molecule has 5 heteroatoms. The van der Waals surface area contributed by atoms with E-state index in [0.717, 1.165) is 38.3 Å². The molecule has 1 saturated carbocycles. The van der Waals surface area contributed by atoms with Crippen molar-refractivity contribution in [2.24, 2.45) is 5.92 Å². The number of carbonyl (C=O) groups is 1. The molecular formula is C20H29FN2O2. The highest BCUT2D eigenvalue weighted by atomic mass is 19.1. The fourth-order valence-corrected chi connectivity index (χ4v) is 3.74. The number of hydrogen-bond acceptors (Lipinski definition) is 3. The molecule has 138 valence electrons. The van der Waals surface area contributed by atoms with Crippen LogP contribution in [0.15, 0.2) is 24.3 Å². The molecule has 0 unspecified atom stereocenters. The molecule has 1 heterocycles. The van der Waals surface area contributed by atoms with E-state index in [4.69, 9.17) is 4.74 Å². The highest BCUT2D eigenvalue weighted by Gasteiger charge is 2.37. The third-order valence-corrected chi connectivity index (χ3v) is 5.47. The lowest BCUT2D eigenvalue weighted by Gasteiger charge is -2.42. The first-order chi connectivity index (χ1) is 12.1. The van der Waals surface area contributed by atoms with Crippen LogP contribution in [0.4, 0.5) is 4.39 Å². The van der Waals surface area contributed by atoms with Crippen LogP contribution in [-0.4, -0.2) is 49.7 Å². The quantitative estimate of drug-likeness (QED) is 0.785. The van der Waals surface area contributed by atoms with Crippen LogP contribution in [0.25, 0.3) is 0 Å². The van der Waals surface area contributed by atoms with Crippen LogP contribution in [0.1, 0.15) is 37.7 Å². The van der Waals surface area contributed by atoms with Gasteiger partial charge in [0.05, 0.1) is 6.42 Å². The number of ether oxygens (including phenoxy) is 1. The van der Waals surface area contributed by atoms with E-state index in [0.29, 0.717) is 12.2 Å². The minimum Gasteiger partial charge on any atom is -0.385 e. The number of nitrogens with one attached hydrogen (secondary N) is 1. The third kappa shape index (κ3) is 5.51. The van der Waals surface area contributed by atoms with Crippen LogP contribution in [-0.2, 0) is 16.0 Å². The van der Waals surface area contributed by atoms with Gasteiger partial charge in [-0.2, -0.15) is 0 Å². The summed E-state index contributed by atoms with van der Waals surface area (Å²) in [6.45, 7) is 3.90. The molecule has 2 aliphatic rings. The van der Waals surface area contributed by atoms with Gasteiger partial charge in [-0.3, -0.25) is 4.79 Å². The van der Waals surface area contributed by atoms with Gasteiger partial charge >= 0.3 is 0 Å². The fraction of sp³-hybridized carbons (Fsp3) is 0.650. The van der Waals surface area contributed by atoms with Crippen LogP contribution >= 0.6 is 0 Å². The average Bonchev–Trinajstić information content (AvgIpc) is 3.39. The Morgan fingerprint density at radius 3 is 2.76 bits per heavy atom. The number of halogens is 1. The molecule has 0 radical (unpaired) electrons. The lowest BCUT2D eigenvalue weighted by molar-refractivity contribution is -0.123. The first kappa shape index (κ1) is 18.3. The summed E-state index contributed by atoms with van der Waals surface area (Å²) in [6.07, 6.45) is 5.70. The summed E-state index contributed by atoms with van der Waals surface area (Å²) in [5.41, 5.74) is 0.520. The number of nitrogens with zero attached hydrogens (tertiary/aromatic N) is 1. The minimum absolute atomic E-state index is 0.0302. The molecule has 1 aliphatic heterocycles. The Hall–Kier alpha value is -1.46. The zero-order chi connectivity index (χ0) is 17.7. The van der Waals surface area contributed by atoms with E-state index >= 15 is 0 Å². The summed E-state index contributed by atoms with van der Waals surface area (Å²) in [5.74, 6) is 0.569. The number of likely N-dealkylation sites (tertiary alicyclic amines) is 1. The number of rotatable bonds is 8. The van der Waals surface area contributed by atoms with Crippen LogP contribution in [0.5, 0.6) is 0 Å². The van der Waals surface area contributed by atoms with Crippen LogP contribution in [0, 0.1) is 11.7 Å². The normalized spacial score (nSPS) is 20.4. The van der Waals surface area contributed by atoms with Gasteiger partial charge in [0.1, 0.15) is 5.82 Å². The molecular weight excluding hydrogens is 319 g/mol. The number of hydrogen-bond donors (Lipinski definition) is 1. The van der Waals surface area contributed by atoms with Crippen LogP contribution in [0.2, 0.25) is 0 Å². The van der Waals surface area contributed by atoms with Crippen molar-refractivity contribution >= 4 is 5.91 Å². The lowest BCUT2D eigenvalue weighted by atomic mass is 9.84. The van der Waals surface area contributed by atoms with E-state index in [1.807, 2.05) is 0 Å². The number of carbonyl (C=O) groups excluding carboxylic acids is 1. The summed E-state index contributed by atoms with van der Waals surface area (Å²) in [5, 5.41) is 3.26. The van der Waals surface area contributed by atoms with Gasteiger partial charge < -0.3 is 15.0 Å². The minimum atomic E-state index is -0.298. The topological polar surface area (TPSA) is 41.6 Å². The molecule has 1 N–H and O–H groups in total. The number of methoxy groups -OCH3 is 1. The Kier molecular flexibility index (Phi) is 6.07. The van der Waals surface area contributed by atoms with Gasteiger partial charge in [-0.1, -0.05) is 12.1 Å². The Morgan fingerprint density at radius 1 is 1.36 bits per heavy atom. The second kappa shape index (κ2) is 8.28. The fourth-order valence-electron chi connectivity index (χ4n) is 3.74. The number of benzene rings is 1.